The molecular weight excluding hydrogens is 184 g/mol. The fraction of sp³-hybridized carbons (Fsp3) is 0.700. The first-order chi connectivity index (χ1) is 6.70. The Hall–Kier alpha value is -0.870. The van der Waals surface area contributed by atoms with E-state index in [1.807, 2.05) is 0 Å². The van der Waals surface area contributed by atoms with Gasteiger partial charge in [-0.15, -0.1) is 0 Å². The van der Waals surface area contributed by atoms with E-state index in [2.05, 4.69) is 0 Å². The molecule has 1 saturated heterocycles. The molecule has 0 saturated carbocycles. The summed E-state index contributed by atoms with van der Waals surface area (Å²) in [4.78, 5) is 10.2. The van der Waals surface area contributed by atoms with Crippen LogP contribution in [0.5, 0.6) is 0 Å². The van der Waals surface area contributed by atoms with E-state index in [4.69, 9.17) is 9.84 Å². The van der Waals surface area contributed by atoms with Crippen LogP contribution in [0.25, 0.3) is 0 Å². The normalized spacial score (nSPS) is 28.1. The van der Waals surface area contributed by atoms with Crippen molar-refractivity contribution in [1.29, 1.82) is 0 Å². The van der Waals surface area contributed by atoms with Gasteiger partial charge in [-0.25, -0.2) is 0 Å². The van der Waals surface area contributed by atoms with E-state index in [-0.39, 0.29) is 12.5 Å². The minimum Gasteiger partial charge on any atom is -0.481 e. The summed E-state index contributed by atoms with van der Waals surface area (Å²) in [5.41, 5.74) is 0. The number of aliphatic hydroxyl groups excluding tert-OH is 1. The van der Waals surface area contributed by atoms with E-state index in [0.717, 1.165) is 12.8 Å². The van der Waals surface area contributed by atoms with Crippen LogP contribution in [0.15, 0.2) is 12.2 Å². The molecule has 1 aliphatic heterocycles. The fourth-order valence-electron chi connectivity index (χ4n) is 1.41. The summed E-state index contributed by atoms with van der Waals surface area (Å²) < 4.78 is 5.31. The number of carbonyl (C=O) groups is 1. The molecule has 80 valence electrons. The lowest BCUT2D eigenvalue weighted by molar-refractivity contribution is -0.136. The summed E-state index contributed by atoms with van der Waals surface area (Å²) in [7, 11) is 0. The summed E-state index contributed by atoms with van der Waals surface area (Å²) in [6.45, 7) is 0.672. The molecule has 2 N–H and O–H groups in total. The second-order valence-corrected chi connectivity index (χ2v) is 3.41. The minimum atomic E-state index is -0.806. The quantitative estimate of drug-likeness (QED) is 0.663. The second kappa shape index (κ2) is 5.78. The monoisotopic (exact) mass is 200 g/mol. The SMILES string of the molecule is O=C(O)CC/C=C\[C@H]1OCCC[C@@H]1O. The second-order valence-electron chi connectivity index (χ2n) is 3.41. The lowest BCUT2D eigenvalue weighted by Gasteiger charge is -2.25. The molecule has 1 fully saturated rings. The standard InChI is InChI=1S/C10H16O4/c11-8-4-3-7-14-9(8)5-1-2-6-10(12)13/h1,5,8-9,11H,2-4,6-7H2,(H,12,13)/b5-1-/t8-,9+/m0/s1. The highest BCUT2D eigenvalue weighted by molar-refractivity contribution is 5.66. The first kappa shape index (κ1) is 11.2. The first-order valence-electron chi connectivity index (χ1n) is 4.88. The summed E-state index contributed by atoms with van der Waals surface area (Å²) in [6, 6.07) is 0. The van der Waals surface area contributed by atoms with Crippen LogP contribution in [-0.4, -0.2) is 35.0 Å². The largest absolute Gasteiger partial charge is 0.481 e. The van der Waals surface area contributed by atoms with Crippen LogP contribution in [0.3, 0.4) is 0 Å². The van der Waals surface area contributed by atoms with Gasteiger partial charge in [-0.1, -0.05) is 12.2 Å². The predicted octanol–water partition coefficient (Wildman–Crippen LogP) is 0.947. The molecule has 0 bridgehead atoms. The Kier molecular flexibility index (Phi) is 4.62. The number of hydrogen-bond acceptors (Lipinski definition) is 3. The molecule has 0 aromatic carbocycles. The van der Waals surface area contributed by atoms with Crippen molar-refractivity contribution in [2.45, 2.75) is 37.9 Å². The van der Waals surface area contributed by atoms with E-state index in [9.17, 15) is 9.90 Å². The third-order valence-corrected chi connectivity index (χ3v) is 2.18. The third-order valence-electron chi connectivity index (χ3n) is 2.18. The molecule has 0 unspecified atom stereocenters. The molecule has 2 atom stereocenters. The number of carboxylic acids is 1. The highest BCUT2D eigenvalue weighted by atomic mass is 16.5. The number of rotatable bonds is 4. The molecule has 1 heterocycles. The Morgan fingerprint density at radius 2 is 2.36 bits per heavy atom. The molecule has 1 rings (SSSR count). The Morgan fingerprint density at radius 3 is 3.00 bits per heavy atom. The van der Waals surface area contributed by atoms with Crippen molar-refractivity contribution in [3.05, 3.63) is 12.2 Å². The zero-order chi connectivity index (χ0) is 10.4. The van der Waals surface area contributed by atoms with Crippen molar-refractivity contribution in [2.75, 3.05) is 6.61 Å². The Morgan fingerprint density at radius 1 is 1.57 bits per heavy atom. The van der Waals surface area contributed by atoms with Crippen molar-refractivity contribution in [3.8, 4) is 0 Å². The van der Waals surface area contributed by atoms with E-state index in [1.54, 1.807) is 12.2 Å². The minimum absolute atomic E-state index is 0.124. The zero-order valence-corrected chi connectivity index (χ0v) is 8.06. The average molecular weight is 200 g/mol. The van der Waals surface area contributed by atoms with Crippen molar-refractivity contribution in [3.63, 3.8) is 0 Å². The summed E-state index contributed by atoms with van der Waals surface area (Å²) in [6.07, 6.45) is 5.08. The van der Waals surface area contributed by atoms with Crippen LogP contribution in [0.1, 0.15) is 25.7 Å². The fourth-order valence-corrected chi connectivity index (χ4v) is 1.41. The van der Waals surface area contributed by atoms with E-state index >= 15 is 0 Å². The van der Waals surface area contributed by atoms with Gasteiger partial charge in [0, 0.05) is 13.0 Å². The van der Waals surface area contributed by atoms with Crippen LogP contribution >= 0.6 is 0 Å². The van der Waals surface area contributed by atoms with Gasteiger partial charge in [0.15, 0.2) is 0 Å². The molecule has 1 aliphatic rings. The zero-order valence-electron chi connectivity index (χ0n) is 8.06. The van der Waals surface area contributed by atoms with E-state index in [1.165, 1.54) is 0 Å². The van der Waals surface area contributed by atoms with Crippen molar-refractivity contribution in [2.24, 2.45) is 0 Å². The van der Waals surface area contributed by atoms with Gasteiger partial charge in [-0.05, 0) is 19.3 Å². The number of carboxylic acid groups (broad SMARTS) is 1. The number of ether oxygens (including phenoxy) is 1. The first-order valence-corrected chi connectivity index (χ1v) is 4.88. The van der Waals surface area contributed by atoms with Gasteiger partial charge in [0.05, 0.1) is 6.10 Å². The summed E-state index contributed by atoms with van der Waals surface area (Å²) in [5.74, 6) is -0.806. The lowest BCUT2D eigenvalue weighted by atomic mass is 10.0. The number of hydrogen-bond donors (Lipinski definition) is 2. The number of allylic oxidation sites excluding steroid dienone is 1. The number of aliphatic carboxylic acids is 1. The molecule has 4 heteroatoms. The highest BCUT2D eigenvalue weighted by Crippen LogP contribution is 2.14. The van der Waals surface area contributed by atoms with E-state index in [0.29, 0.717) is 13.0 Å². The molecule has 0 aromatic heterocycles. The smallest absolute Gasteiger partial charge is 0.303 e. The number of aliphatic hydroxyl groups is 1. The predicted molar refractivity (Wildman–Crippen MR) is 51.0 cm³/mol. The van der Waals surface area contributed by atoms with Gasteiger partial charge in [0.1, 0.15) is 6.10 Å². The third kappa shape index (κ3) is 3.89. The van der Waals surface area contributed by atoms with Crippen molar-refractivity contribution < 1.29 is 19.7 Å². The molecule has 0 amide bonds. The van der Waals surface area contributed by atoms with Crippen molar-refractivity contribution >= 4 is 5.97 Å². The topological polar surface area (TPSA) is 66.8 Å². The Labute approximate surface area is 83.2 Å². The molecular formula is C10H16O4. The van der Waals surface area contributed by atoms with Gasteiger partial charge >= 0.3 is 5.97 Å². The van der Waals surface area contributed by atoms with Gasteiger partial charge in [0.2, 0.25) is 0 Å². The average Bonchev–Trinajstić information content (AvgIpc) is 2.15. The van der Waals surface area contributed by atoms with E-state index < -0.39 is 12.1 Å². The molecule has 0 aromatic rings. The Bertz CT molecular complexity index is 212. The van der Waals surface area contributed by atoms with Gasteiger partial charge in [-0.3, -0.25) is 4.79 Å². The van der Waals surface area contributed by atoms with Crippen LogP contribution in [-0.2, 0) is 9.53 Å². The van der Waals surface area contributed by atoms with Crippen LogP contribution in [0, 0.1) is 0 Å². The van der Waals surface area contributed by atoms with Gasteiger partial charge in [-0.2, -0.15) is 0 Å². The maximum absolute atomic E-state index is 10.2. The van der Waals surface area contributed by atoms with Crippen LogP contribution in [0.4, 0.5) is 0 Å². The molecule has 0 aliphatic carbocycles. The molecule has 4 nitrogen and oxygen atoms in total. The van der Waals surface area contributed by atoms with Gasteiger partial charge < -0.3 is 14.9 Å². The lowest BCUT2D eigenvalue weighted by Crippen LogP contribution is -2.32. The summed E-state index contributed by atoms with van der Waals surface area (Å²) in [5, 5.41) is 17.9. The highest BCUT2D eigenvalue weighted by Gasteiger charge is 2.20. The maximum Gasteiger partial charge on any atom is 0.303 e. The molecule has 14 heavy (non-hydrogen) atoms. The molecule has 0 radical (unpaired) electrons. The molecule has 0 spiro atoms. The maximum atomic E-state index is 10.2. The summed E-state index contributed by atoms with van der Waals surface area (Å²) >= 11 is 0. The van der Waals surface area contributed by atoms with Crippen molar-refractivity contribution in [1.82, 2.24) is 0 Å². The van der Waals surface area contributed by atoms with Gasteiger partial charge in [0.25, 0.3) is 0 Å². The van der Waals surface area contributed by atoms with Crippen LogP contribution < -0.4 is 0 Å². The van der Waals surface area contributed by atoms with Crippen LogP contribution in [0.2, 0.25) is 0 Å². The Balaban J connectivity index is 2.23.